The van der Waals surface area contributed by atoms with Gasteiger partial charge in [0.1, 0.15) is 0 Å². The molecule has 0 atom stereocenters. The Kier molecular flexibility index (Phi) is 7.65. The van der Waals surface area contributed by atoms with Crippen LogP contribution in [0.2, 0.25) is 0 Å². The van der Waals surface area contributed by atoms with Crippen molar-refractivity contribution in [1.29, 1.82) is 0 Å². The molecule has 0 radical (unpaired) electrons. The van der Waals surface area contributed by atoms with E-state index >= 15 is 0 Å². The first kappa shape index (κ1) is 15.1. The summed E-state index contributed by atoms with van der Waals surface area (Å²) in [7, 11) is 0. The molecule has 0 amide bonds. The molecule has 0 saturated carbocycles. The molecule has 0 aliphatic heterocycles. The Balaban J connectivity index is 0. The van der Waals surface area contributed by atoms with E-state index in [2.05, 4.69) is 6.92 Å². The highest BCUT2D eigenvalue weighted by atomic mass is 16.4. The number of nitrogens with two attached hydrogens (primary N) is 1. The molecule has 0 bridgehead atoms. The second kappa shape index (κ2) is 7.08. The molecule has 0 rings (SSSR count). The quantitative estimate of drug-likeness (QED) is 0.590. The van der Waals surface area contributed by atoms with Crippen LogP contribution >= 0.6 is 0 Å². The van der Waals surface area contributed by atoms with Gasteiger partial charge in [0, 0.05) is 17.7 Å². The third kappa shape index (κ3) is 22.4. The largest absolute Gasteiger partial charge is 0.478 e. The van der Waals surface area contributed by atoms with Gasteiger partial charge in [-0.15, -0.1) is 0 Å². The van der Waals surface area contributed by atoms with Gasteiger partial charge in [-0.25, -0.2) is 9.59 Å². The number of carboxylic acids is 2. The Bertz CT molecular complexity index is 199. The molecular weight excluding hydrogens is 186 g/mol. The number of hydrogen-bond donors (Lipinski definition) is 3. The molecule has 5 nitrogen and oxygen atoms in total. The maximum absolute atomic E-state index is 9.55. The predicted molar refractivity (Wildman–Crippen MR) is 53.0 cm³/mol. The Morgan fingerprint density at radius 1 is 1.21 bits per heavy atom. The van der Waals surface area contributed by atoms with Crippen molar-refractivity contribution in [3.63, 3.8) is 0 Å². The number of rotatable bonds is 3. The third-order valence-corrected chi connectivity index (χ3v) is 1.28. The van der Waals surface area contributed by atoms with Crippen LogP contribution in [0.3, 0.4) is 0 Å². The van der Waals surface area contributed by atoms with Crippen LogP contribution in [0.1, 0.15) is 27.2 Å². The molecule has 0 unspecified atom stereocenters. The van der Waals surface area contributed by atoms with Crippen molar-refractivity contribution in [2.75, 3.05) is 0 Å². The molecule has 0 heterocycles. The van der Waals surface area contributed by atoms with Crippen molar-refractivity contribution < 1.29 is 19.8 Å². The van der Waals surface area contributed by atoms with Gasteiger partial charge in [-0.2, -0.15) is 0 Å². The Hall–Kier alpha value is -1.36. The van der Waals surface area contributed by atoms with Crippen molar-refractivity contribution in [1.82, 2.24) is 0 Å². The highest BCUT2D eigenvalue weighted by molar-refractivity contribution is 5.89. The maximum atomic E-state index is 9.55. The van der Waals surface area contributed by atoms with Gasteiger partial charge in [0.15, 0.2) is 0 Å². The zero-order chi connectivity index (χ0) is 11.8. The number of aliphatic carboxylic acids is 2. The van der Waals surface area contributed by atoms with E-state index in [0.717, 1.165) is 6.42 Å². The van der Waals surface area contributed by atoms with E-state index in [0.29, 0.717) is 12.2 Å². The molecule has 0 spiro atoms. The first-order chi connectivity index (χ1) is 6.19. The molecule has 0 aliphatic rings. The SMILES string of the molecule is CCC(C)(C)N.O=C(O)C=CC(=O)O. The van der Waals surface area contributed by atoms with Gasteiger partial charge in [-0.05, 0) is 20.3 Å². The van der Waals surface area contributed by atoms with Crippen LogP contribution in [0.4, 0.5) is 0 Å². The van der Waals surface area contributed by atoms with Gasteiger partial charge in [0.25, 0.3) is 0 Å². The summed E-state index contributed by atoms with van der Waals surface area (Å²) in [6, 6.07) is 0. The molecular formula is C9H17NO4. The number of carbonyl (C=O) groups is 2. The van der Waals surface area contributed by atoms with Crippen molar-refractivity contribution in [3.05, 3.63) is 12.2 Å². The van der Waals surface area contributed by atoms with Crippen molar-refractivity contribution >= 4 is 11.9 Å². The van der Waals surface area contributed by atoms with E-state index in [4.69, 9.17) is 15.9 Å². The molecule has 14 heavy (non-hydrogen) atoms. The van der Waals surface area contributed by atoms with Crippen LogP contribution in [-0.2, 0) is 9.59 Å². The molecule has 0 aromatic carbocycles. The van der Waals surface area contributed by atoms with Gasteiger partial charge >= 0.3 is 11.9 Å². The fourth-order valence-electron chi connectivity index (χ4n) is 0.143. The fourth-order valence-corrected chi connectivity index (χ4v) is 0.143. The minimum atomic E-state index is -1.26. The Morgan fingerprint density at radius 2 is 1.43 bits per heavy atom. The van der Waals surface area contributed by atoms with E-state index in [1.54, 1.807) is 0 Å². The van der Waals surface area contributed by atoms with Crippen LogP contribution in [0.15, 0.2) is 12.2 Å². The highest BCUT2D eigenvalue weighted by Crippen LogP contribution is 1.99. The van der Waals surface area contributed by atoms with Crippen LogP contribution < -0.4 is 5.73 Å². The molecule has 4 N–H and O–H groups in total. The zero-order valence-electron chi connectivity index (χ0n) is 8.65. The lowest BCUT2D eigenvalue weighted by Gasteiger charge is -2.13. The van der Waals surface area contributed by atoms with Gasteiger partial charge < -0.3 is 15.9 Å². The molecule has 82 valence electrons. The average Bonchev–Trinajstić information content (AvgIpc) is 2.01. The minimum absolute atomic E-state index is 0.0417. The third-order valence-electron chi connectivity index (χ3n) is 1.28. The van der Waals surface area contributed by atoms with E-state index < -0.39 is 11.9 Å². The van der Waals surface area contributed by atoms with E-state index in [1.165, 1.54) is 0 Å². The average molecular weight is 203 g/mol. The molecule has 5 heteroatoms. The highest BCUT2D eigenvalue weighted by Gasteiger charge is 2.03. The summed E-state index contributed by atoms with van der Waals surface area (Å²) < 4.78 is 0. The summed E-state index contributed by atoms with van der Waals surface area (Å²) in [5, 5.41) is 15.6. The normalized spacial score (nSPS) is 10.6. The lowest BCUT2D eigenvalue weighted by atomic mass is 10.1. The lowest BCUT2D eigenvalue weighted by molar-refractivity contribution is -0.134. The van der Waals surface area contributed by atoms with Gasteiger partial charge in [-0.1, -0.05) is 6.92 Å². The number of carboxylic acid groups (broad SMARTS) is 2. The molecule has 0 aromatic heterocycles. The summed E-state index contributed by atoms with van der Waals surface area (Å²) in [4.78, 5) is 19.1. The Labute approximate surface area is 83.2 Å². The molecule has 0 saturated heterocycles. The van der Waals surface area contributed by atoms with Gasteiger partial charge in [-0.3, -0.25) is 0 Å². The summed E-state index contributed by atoms with van der Waals surface area (Å²) >= 11 is 0. The second-order valence-corrected chi connectivity index (χ2v) is 3.35. The monoisotopic (exact) mass is 203 g/mol. The van der Waals surface area contributed by atoms with E-state index in [-0.39, 0.29) is 5.54 Å². The smallest absolute Gasteiger partial charge is 0.328 e. The number of hydrogen-bond acceptors (Lipinski definition) is 3. The molecule has 0 fully saturated rings. The minimum Gasteiger partial charge on any atom is -0.478 e. The van der Waals surface area contributed by atoms with Crippen LogP contribution in [0, 0.1) is 0 Å². The first-order valence-electron chi connectivity index (χ1n) is 4.12. The fraction of sp³-hybridized carbons (Fsp3) is 0.556. The summed E-state index contributed by atoms with van der Waals surface area (Å²) in [6.07, 6.45) is 2.16. The molecule has 0 aliphatic carbocycles. The summed E-state index contributed by atoms with van der Waals surface area (Å²) in [6.45, 7) is 6.12. The topological polar surface area (TPSA) is 101 Å². The second-order valence-electron chi connectivity index (χ2n) is 3.35. The van der Waals surface area contributed by atoms with Crippen molar-refractivity contribution in [2.45, 2.75) is 32.7 Å². The van der Waals surface area contributed by atoms with E-state index in [9.17, 15) is 9.59 Å². The van der Waals surface area contributed by atoms with E-state index in [1.807, 2.05) is 13.8 Å². The first-order valence-corrected chi connectivity index (χ1v) is 4.12. The van der Waals surface area contributed by atoms with Crippen LogP contribution in [-0.4, -0.2) is 27.7 Å². The van der Waals surface area contributed by atoms with Crippen molar-refractivity contribution in [3.8, 4) is 0 Å². The van der Waals surface area contributed by atoms with Gasteiger partial charge in [0.2, 0.25) is 0 Å². The Morgan fingerprint density at radius 3 is 1.50 bits per heavy atom. The van der Waals surface area contributed by atoms with Gasteiger partial charge in [0.05, 0.1) is 0 Å². The predicted octanol–water partition coefficient (Wildman–Crippen LogP) is 0.845. The summed E-state index contributed by atoms with van der Waals surface area (Å²) in [5.74, 6) is -2.51. The molecule has 0 aromatic rings. The standard InChI is InChI=1S/C5H13N.C4H4O4/c1-4-5(2,3)6;5-3(6)1-2-4(7)8/h4,6H2,1-3H3;1-2H,(H,5,6)(H,7,8). The zero-order valence-corrected chi connectivity index (χ0v) is 8.65. The lowest BCUT2D eigenvalue weighted by Crippen LogP contribution is -2.30. The van der Waals surface area contributed by atoms with Crippen LogP contribution in [0.5, 0.6) is 0 Å². The van der Waals surface area contributed by atoms with Crippen molar-refractivity contribution in [2.24, 2.45) is 5.73 Å². The maximum Gasteiger partial charge on any atom is 0.328 e. The summed E-state index contributed by atoms with van der Waals surface area (Å²) in [5.41, 5.74) is 5.58. The van der Waals surface area contributed by atoms with Crippen LogP contribution in [0.25, 0.3) is 0 Å².